The molecule has 0 spiro atoms. The van der Waals surface area contributed by atoms with Crippen molar-refractivity contribution < 1.29 is 24.2 Å². The van der Waals surface area contributed by atoms with Crippen LogP contribution in [0.1, 0.15) is 27.6 Å². The summed E-state index contributed by atoms with van der Waals surface area (Å²) in [6, 6.07) is 7.35. The van der Waals surface area contributed by atoms with E-state index >= 15 is 0 Å². The Morgan fingerprint density at radius 2 is 1.78 bits per heavy atom. The summed E-state index contributed by atoms with van der Waals surface area (Å²) in [6.07, 6.45) is 5.43. The second-order valence-corrected chi connectivity index (χ2v) is 7.26. The van der Waals surface area contributed by atoms with Crippen molar-refractivity contribution in [2.45, 2.75) is 13.5 Å². The van der Waals surface area contributed by atoms with Gasteiger partial charge in [-0.05, 0) is 25.1 Å². The zero-order chi connectivity index (χ0) is 23.4. The lowest BCUT2D eigenvalue weighted by Crippen LogP contribution is -2.16. The second kappa shape index (κ2) is 9.19. The number of carbonyl (C=O) groups is 2. The number of terminal acetylenes is 1. The minimum atomic E-state index is -0.917. The molecule has 0 aliphatic rings. The van der Waals surface area contributed by atoms with Crippen LogP contribution in [0.5, 0.6) is 0 Å². The predicted octanol–water partition coefficient (Wildman–Crippen LogP) is 3.07. The fraction of sp³-hybridized carbons (Fsp3) is 0.150. The Kier molecular flexibility index (Phi) is 6.41. The highest BCUT2D eigenvalue weighted by Crippen LogP contribution is 2.24. The van der Waals surface area contributed by atoms with E-state index in [-0.39, 0.29) is 23.5 Å². The van der Waals surface area contributed by atoms with Crippen molar-refractivity contribution >= 4 is 44.8 Å². The van der Waals surface area contributed by atoms with Crippen LogP contribution in [0.4, 0.5) is 11.4 Å². The topological polar surface area (TPSA) is 147 Å². The van der Waals surface area contributed by atoms with Gasteiger partial charge in [0, 0.05) is 12.1 Å². The van der Waals surface area contributed by atoms with Gasteiger partial charge in [0.1, 0.15) is 0 Å². The maximum atomic E-state index is 12.7. The Hall–Kier alpha value is -4.37. The summed E-state index contributed by atoms with van der Waals surface area (Å²) in [5, 5.41) is 22.2. The first-order valence-electron chi connectivity index (χ1n) is 9.02. The number of esters is 1. The normalized spacial score (nSPS) is 11.2. The molecule has 3 aromatic rings. The number of non-ortho nitro benzene ring substituents is 2. The number of amides is 1. The Labute approximate surface area is 183 Å². The quantitative estimate of drug-likeness (QED) is 0.241. The van der Waals surface area contributed by atoms with Crippen molar-refractivity contribution in [3.8, 4) is 12.3 Å². The number of carbonyl (C=O) groups excluding carboxylic acids is 2. The van der Waals surface area contributed by atoms with Crippen LogP contribution in [0.15, 0.2) is 41.4 Å². The van der Waals surface area contributed by atoms with Crippen LogP contribution in [0.25, 0.3) is 10.2 Å². The Morgan fingerprint density at radius 1 is 1.12 bits per heavy atom. The number of thiazole rings is 1. The summed E-state index contributed by atoms with van der Waals surface area (Å²) >= 11 is 1.06. The van der Waals surface area contributed by atoms with Crippen molar-refractivity contribution in [3.05, 3.63) is 72.6 Å². The molecule has 0 atom stereocenters. The molecular formula is C20H14N4O7S. The van der Waals surface area contributed by atoms with Gasteiger partial charge in [0.2, 0.25) is 0 Å². The molecule has 0 radical (unpaired) electrons. The van der Waals surface area contributed by atoms with Crippen LogP contribution in [0.3, 0.4) is 0 Å². The second-order valence-electron chi connectivity index (χ2n) is 6.25. The van der Waals surface area contributed by atoms with E-state index in [4.69, 9.17) is 11.2 Å². The molecule has 0 unspecified atom stereocenters. The zero-order valence-electron chi connectivity index (χ0n) is 16.5. The smallest absolute Gasteiger partial charge is 0.338 e. The minimum absolute atomic E-state index is 0.0555. The van der Waals surface area contributed by atoms with Gasteiger partial charge in [-0.2, -0.15) is 4.99 Å². The number of rotatable bonds is 6. The van der Waals surface area contributed by atoms with E-state index in [0.29, 0.717) is 15.8 Å². The van der Waals surface area contributed by atoms with Crippen LogP contribution in [-0.4, -0.2) is 32.9 Å². The van der Waals surface area contributed by atoms with E-state index in [1.54, 1.807) is 29.7 Å². The molecule has 0 bridgehead atoms. The van der Waals surface area contributed by atoms with Gasteiger partial charge in [-0.15, -0.1) is 6.42 Å². The lowest BCUT2D eigenvalue weighted by atomic mass is 10.1. The fourth-order valence-electron chi connectivity index (χ4n) is 2.82. The van der Waals surface area contributed by atoms with Gasteiger partial charge in [0.05, 0.1) is 50.4 Å². The average Bonchev–Trinajstić information content (AvgIpc) is 3.09. The van der Waals surface area contributed by atoms with Gasteiger partial charge < -0.3 is 9.30 Å². The van der Waals surface area contributed by atoms with E-state index in [9.17, 15) is 29.8 Å². The largest absolute Gasteiger partial charge is 0.462 e. The molecule has 162 valence electrons. The average molecular weight is 454 g/mol. The number of nitrogens with zero attached hydrogens (tertiary/aromatic N) is 4. The van der Waals surface area contributed by atoms with Gasteiger partial charge in [-0.1, -0.05) is 17.3 Å². The third kappa shape index (κ3) is 4.52. The van der Waals surface area contributed by atoms with Gasteiger partial charge in [0.25, 0.3) is 17.3 Å². The van der Waals surface area contributed by atoms with Gasteiger partial charge in [-0.3, -0.25) is 25.0 Å². The van der Waals surface area contributed by atoms with E-state index in [1.807, 2.05) is 0 Å². The molecule has 12 heteroatoms. The molecule has 3 rings (SSSR count). The highest BCUT2D eigenvalue weighted by atomic mass is 32.1. The maximum Gasteiger partial charge on any atom is 0.338 e. The maximum absolute atomic E-state index is 12.7. The lowest BCUT2D eigenvalue weighted by Gasteiger charge is -2.03. The first-order chi connectivity index (χ1) is 15.2. The number of ether oxygens (including phenoxy) is 1. The van der Waals surface area contributed by atoms with Crippen molar-refractivity contribution in [1.82, 2.24) is 4.57 Å². The highest BCUT2D eigenvalue weighted by molar-refractivity contribution is 7.16. The summed E-state index contributed by atoms with van der Waals surface area (Å²) in [7, 11) is 0. The van der Waals surface area contributed by atoms with Gasteiger partial charge >= 0.3 is 5.97 Å². The van der Waals surface area contributed by atoms with E-state index in [2.05, 4.69) is 10.9 Å². The monoisotopic (exact) mass is 454 g/mol. The highest BCUT2D eigenvalue weighted by Gasteiger charge is 2.20. The van der Waals surface area contributed by atoms with Crippen molar-refractivity contribution in [1.29, 1.82) is 0 Å². The molecule has 0 aliphatic heterocycles. The molecular weight excluding hydrogens is 440 g/mol. The number of fused-ring (bicyclic) bond motifs is 1. The lowest BCUT2D eigenvalue weighted by molar-refractivity contribution is -0.394. The van der Waals surface area contributed by atoms with E-state index in [0.717, 1.165) is 29.5 Å². The molecule has 32 heavy (non-hydrogen) atoms. The predicted molar refractivity (Wildman–Crippen MR) is 114 cm³/mol. The molecule has 11 nitrogen and oxygen atoms in total. The van der Waals surface area contributed by atoms with Crippen LogP contribution in [-0.2, 0) is 11.3 Å². The van der Waals surface area contributed by atoms with Crippen molar-refractivity contribution in [2.75, 3.05) is 6.61 Å². The van der Waals surface area contributed by atoms with Crippen LogP contribution in [0.2, 0.25) is 0 Å². The Bertz CT molecular complexity index is 1350. The summed E-state index contributed by atoms with van der Waals surface area (Å²) < 4.78 is 7.14. The molecule has 0 saturated carbocycles. The number of aromatic nitrogens is 1. The van der Waals surface area contributed by atoms with Crippen LogP contribution >= 0.6 is 11.3 Å². The third-order valence-electron chi connectivity index (χ3n) is 4.21. The Balaban J connectivity index is 2.15. The first-order valence-corrected chi connectivity index (χ1v) is 9.83. The van der Waals surface area contributed by atoms with Gasteiger partial charge in [0.15, 0.2) is 4.80 Å². The number of hydrogen-bond donors (Lipinski definition) is 0. The summed E-state index contributed by atoms with van der Waals surface area (Å²) in [5.41, 5.74) is -0.615. The number of benzene rings is 2. The molecule has 1 aromatic heterocycles. The van der Waals surface area contributed by atoms with E-state index in [1.165, 1.54) is 0 Å². The SMILES string of the molecule is C#CCn1c(=NC(=O)c2cc([N+](=O)[O-])cc([N+](=O)[O-])c2)sc2cc(C(=O)OCC)ccc21. The fourth-order valence-corrected chi connectivity index (χ4v) is 3.89. The molecule has 2 aromatic carbocycles. The molecule has 0 saturated heterocycles. The molecule has 0 fully saturated rings. The number of hydrogen-bond acceptors (Lipinski definition) is 8. The van der Waals surface area contributed by atoms with E-state index < -0.39 is 33.1 Å². The molecule has 1 amide bonds. The first kappa shape index (κ1) is 22.3. The summed E-state index contributed by atoms with van der Waals surface area (Å²) in [6.45, 7) is 1.95. The number of nitro benzene ring substituents is 2. The summed E-state index contributed by atoms with van der Waals surface area (Å²) in [4.78, 5) is 49.3. The van der Waals surface area contributed by atoms with Gasteiger partial charge in [-0.25, -0.2) is 4.79 Å². The molecule has 1 heterocycles. The standard InChI is InChI=1S/C20H14N4O7S/c1-3-7-22-16-6-5-12(19(26)31-4-2)10-17(16)32-20(22)21-18(25)13-8-14(23(27)28)11-15(9-13)24(29)30/h1,5-6,8-11H,4,7H2,2H3. The Morgan fingerprint density at radius 3 is 2.34 bits per heavy atom. The number of nitro groups is 2. The van der Waals surface area contributed by atoms with Crippen molar-refractivity contribution in [2.24, 2.45) is 4.99 Å². The zero-order valence-corrected chi connectivity index (χ0v) is 17.3. The van der Waals surface area contributed by atoms with Crippen LogP contribution < -0.4 is 4.80 Å². The minimum Gasteiger partial charge on any atom is -0.462 e. The van der Waals surface area contributed by atoms with Crippen LogP contribution in [0, 0.1) is 32.6 Å². The third-order valence-corrected chi connectivity index (χ3v) is 5.25. The summed E-state index contributed by atoms with van der Waals surface area (Å²) in [5.74, 6) is 1.02. The molecule has 0 N–H and O–H groups in total. The molecule has 0 aliphatic carbocycles. The van der Waals surface area contributed by atoms with Crippen molar-refractivity contribution in [3.63, 3.8) is 0 Å².